The molecule has 9 heterocycles. The molecule has 19 atom stereocenters. The van der Waals surface area contributed by atoms with Gasteiger partial charge in [0.05, 0.1) is 44.2 Å². The SMILES string of the molecule is C/C1=C2/[N-][C@H]([C@H](CC(N)=O)[C@@]2(C)CCC(=O)NC[C@@H](C)OP(=O)([O-])O[C@H]2[C@@H](O)[C@@H](Oc3ccccc3)O[C@@H]2COP(=O)([O-])[O-])[C@]2(C)N=C(/C(C)=C3N=C(/C=C4N=C1[C@@H](CCC(N)=O)C\4(C)C)[C@@H](CCC(N)=O)[C@]\3(C)CC(N)=O)[C@@H](CCC(N)=O)[C@]2(C)CC(N)=O.[CH2-][C@H]1O[C@@H](n2cnc3c(N)ncnc32)[C@H](O)[C@@H]1O.[Co]. The second-order valence-corrected chi connectivity index (χ2v) is 32.5. The predicted molar refractivity (Wildman–Crippen MR) is 382 cm³/mol. The molecule has 10 rings (SSSR count). The standard InChI is InChI=1S/C59H87N11O18P2.C10H12N5O3.Co/c1-29(87-90(82,83)88-50-38(28-84-89(79,80)81)86-54(49(50)78)85-32-13-11-10-12-14-32)27-66-46(77)21-22-56(6)36(23-43(63)74)53-59(9)58(8,26-45(65)76)35(17-20-42(62)73)48(70-59)31(3)52-57(7,25-44(64)75)33(15-18-40(60)71)37(67-52)24-39-55(4,5)34(16-19-41(61)72)47(68-39)30(2)51(56)69-53;1-4-6(16)7(17)10(18-4)15-3-14-5-8(11)12-2-13-9(5)15;/h10-14,24,29,33-36,38,49-50,53-54,78H,15-23,25-28H2,1-9H3,(H17,60,61,62,63,64,65,66,67,68,69,70,71,72,73,74,75,76,77,79,80,81,82,83);2-4,6-7,10,16-17H,1H2,(H2,11,12,13);/q;-1;/p-4/t29-,33-,34-,35-,36+,38-,49-,50-,53-,54+,56-,57+,58+,59+;4-,6-,7-,10-;/m11./s1. The Hall–Kier alpha value is -7.78. The number of carbonyl (C=O) groups excluding carboxylic acids is 7. The molecule has 109 heavy (non-hydrogen) atoms. The van der Waals surface area contributed by atoms with Crippen LogP contribution in [-0.4, -0.2) is 167 Å². The molecule has 18 N–H and O–H groups in total. The van der Waals surface area contributed by atoms with Crippen molar-refractivity contribution in [2.24, 2.45) is 94.7 Å². The number of phosphoric ester groups is 2. The Morgan fingerprint density at radius 1 is 0.752 bits per heavy atom. The number of nitrogen functional groups attached to an aromatic ring is 1. The molecular weight excluding hydrogens is 1510 g/mol. The van der Waals surface area contributed by atoms with Crippen molar-refractivity contribution in [1.82, 2.24) is 24.8 Å². The van der Waals surface area contributed by atoms with Gasteiger partial charge in [-0.1, -0.05) is 58.9 Å². The number of phosphoric acid groups is 2. The van der Waals surface area contributed by atoms with E-state index in [0.29, 0.717) is 56.5 Å². The van der Waals surface area contributed by atoms with Crippen molar-refractivity contribution in [2.45, 2.75) is 200 Å². The van der Waals surface area contributed by atoms with E-state index in [0.717, 1.165) is 0 Å². The number of nitrogens with two attached hydrogens (primary N) is 7. The van der Waals surface area contributed by atoms with Crippen LogP contribution in [0.1, 0.15) is 139 Å². The number of hydrogen-bond acceptors (Lipinski definition) is 28. The Labute approximate surface area is 638 Å². The van der Waals surface area contributed by atoms with Crippen LogP contribution in [0.2, 0.25) is 0 Å². The normalized spacial score (nSPS) is 33.6. The summed E-state index contributed by atoms with van der Waals surface area (Å²) in [6.07, 6.45) is -9.08. The van der Waals surface area contributed by atoms with Gasteiger partial charge in [-0.05, 0) is 100 Å². The monoisotopic (exact) mass is 1600 g/mol. The molecular formula is C69H95CoN16O21P2-5. The molecule has 1 aromatic carbocycles. The summed E-state index contributed by atoms with van der Waals surface area (Å²) < 4.78 is 57.8. The first-order chi connectivity index (χ1) is 50.3. The fourth-order valence-corrected chi connectivity index (χ4v) is 17.9. The quantitative estimate of drug-likeness (QED) is 0.0315. The van der Waals surface area contributed by atoms with Gasteiger partial charge in [0.25, 0.3) is 7.82 Å². The van der Waals surface area contributed by atoms with Crippen molar-refractivity contribution in [1.29, 1.82) is 0 Å². The van der Waals surface area contributed by atoms with Gasteiger partial charge in [0.15, 0.2) is 17.7 Å². The van der Waals surface area contributed by atoms with Crippen LogP contribution in [0.25, 0.3) is 16.5 Å². The molecule has 2 aromatic heterocycles. The molecule has 3 fully saturated rings. The third kappa shape index (κ3) is 18.4. The van der Waals surface area contributed by atoms with Crippen molar-refractivity contribution in [3.63, 3.8) is 0 Å². The van der Waals surface area contributed by atoms with Crippen LogP contribution >= 0.6 is 15.6 Å². The average Bonchev–Trinajstić information content (AvgIpc) is 1.53. The van der Waals surface area contributed by atoms with Crippen molar-refractivity contribution in [3.8, 4) is 5.75 Å². The van der Waals surface area contributed by atoms with Crippen LogP contribution in [0.5, 0.6) is 5.75 Å². The number of anilines is 1. The number of hydrogen-bond donors (Lipinski definition) is 11. The number of carbonyl (C=O) groups is 7. The molecule has 40 heteroatoms. The number of amides is 7. The van der Waals surface area contributed by atoms with Gasteiger partial charge >= 0.3 is 0 Å². The molecule has 7 aliphatic heterocycles. The minimum absolute atomic E-state index is 0. The maximum Gasteiger partial charge on any atom is 0.268 e. The van der Waals surface area contributed by atoms with Gasteiger partial charge in [0.1, 0.15) is 42.0 Å². The number of nitrogens with zero attached hydrogens (tertiary/aromatic N) is 8. The molecule has 0 aliphatic carbocycles. The Kier molecular flexibility index (Phi) is 26.8. The number of imidazole rings is 1. The van der Waals surface area contributed by atoms with Gasteiger partial charge in [0, 0.05) is 125 Å². The Balaban J connectivity index is 0.000000680. The van der Waals surface area contributed by atoms with E-state index in [1.165, 1.54) is 36.3 Å². The van der Waals surface area contributed by atoms with E-state index in [-0.39, 0.29) is 99.0 Å². The molecule has 3 aromatic rings. The van der Waals surface area contributed by atoms with Crippen molar-refractivity contribution in [3.05, 3.63) is 89.5 Å². The maximum atomic E-state index is 14.3. The summed E-state index contributed by atoms with van der Waals surface area (Å²) >= 11 is 0. The smallest absolute Gasteiger partial charge is 0.268 e. The molecule has 3 saturated heterocycles. The van der Waals surface area contributed by atoms with Crippen LogP contribution < -0.4 is 64.9 Å². The van der Waals surface area contributed by atoms with Gasteiger partial charge in [-0.25, -0.2) is 15.0 Å². The number of allylic oxidation sites excluding steroid dienone is 6. The number of fused-ring (bicyclic) bond motifs is 7. The molecule has 7 aliphatic rings. The number of nitrogens with one attached hydrogen (secondary N) is 1. The number of rotatable bonds is 30. The van der Waals surface area contributed by atoms with Crippen LogP contribution in [0.15, 0.2) is 92.3 Å². The van der Waals surface area contributed by atoms with Gasteiger partial charge in [0.2, 0.25) is 47.6 Å². The zero-order valence-corrected chi connectivity index (χ0v) is 64.5. The zero-order chi connectivity index (χ0) is 79.9. The molecule has 1 radical (unpaired) electrons. The summed E-state index contributed by atoms with van der Waals surface area (Å²) in [5.74, 6) is -7.33. The fourth-order valence-electron chi connectivity index (χ4n) is 16.5. The van der Waals surface area contributed by atoms with Crippen LogP contribution in [0.4, 0.5) is 5.82 Å². The van der Waals surface area contributed by atoms with Crippen LogP contribution in [-0.2, 0) is 82.5 Å². The van der Waals surface area contributed by atoms with Crippen LogP contribution in [0, 0.1) is 52.3 Å². The summed E-state index contributed by atoms with van der Waals surface area (Å²) in [7, 11) is -11.1. The Morgan fingerprint density at radius 3 is 1.94 bits per heavy atom. The van der Waals surface area contributed by atoms with E-state index >= 15 is 0 Å². The maximum absolute atomic E-state index is 14.3. The van der Waals surface area contributed by atoms with Crippen LogP contribution in [0.3, 0.4) is 0 Å². The number of aliphatic hydroxyl groups excluding tert-OH is 3. The summed E-state index contributed by atoms with van der Waals surface area (Å²) in [5.41, 5.74) is 39.5. The molecule has 8 bridgehead atoms. The summed E-state index contributed by atoms with van der Waals surface area (Å²) in [6.45, 7) is 18.0. The van der Waals surface area contributed by atoms with E-state index in [9.17, 15) is 72.7 Å². The Bertz CT molecular complexity index is 4310. The molecule has 0 spiro atoms. The van der Waals surface area contributed by atoms with E-state index in [1.54, 1.807) is 52.0 Å². The number of aromatic nitrogens is 4. The number of aliphatic imine (C=N–C) groups is 3. The first-order valence-corrected chi connectivity index (χ1v) is 38.0. The second-order valence-electron chi connectivity index (χ2n) is 30.0. The molecule has 601 valence electrons. The molecule has 37 nitrogen and oxygen atoms in total. The molecule has 0 saturated carbocycles. The summed E-state index contributed by atoms with van der Waals surface area (Å²) in [6, 6.07) is 6.75. The molecule has 7 amide bonds. The minimum atomic E-state index is -5.64. The van der Waals surface area contributed by atoms with Crippen molar-refractivity contribution < 1.29 is 117 Å². The fraction of sp³-hybridized carbons (Fsp3) is 0.594. The first kappa shape index (κ1) is 86.8. The van der Waals surface area contributed by atoms with Crippen molar-refractivity contribution in [2.75, 3.05) is 18.9 Å². The van der Waals surface area contributed by atoms with Gasteiger partial charge in [-0.2, -0.15) is 5.70 Å². The molecule has 1 unspecified atom stereocenters. The predicted octanol–water partition coefficient (Wildman–Crippen LogP) is 0.267. The number of primary amides is 6. The number of benzene rings is 1. The van der Waals surface area contributed by atoms with Crippen molar-refractivity contribution >= 4 is 91.1 Å². The third-order valence-corrected chi connectivity index (χ3v) is 23.8. The van der Waals surface area contributed by atoms with Gasteiger partial charge in [-0.15, -0.1) is 0 Å². The van der Waals surface area contributed by atoms with E-state index in [2.05, 4.69) is 31.7 Å². The summed E-state index contributed by atoms with van der Waals surface area (Å²) in [4.78, 5) is 158. The largest absolute Gasteiger partial charge is 0.790 e. The third-order valence-electron chi connectivity index (χ3n) is 22.2. The zero-order valence-electron chi connectivity index (χ0n) is 61.6. The topological polar surface area (TPSA) is 628 Å². The number of para-hydroxylation sites is 1. The average molecular weight is 1610 g/mol. The number of ether oxygens (including phenoxy) is 3. The van der Waals surface area contributed by atoms with Gasteiger partial charge < -0.3 is 120 Å². The Morgan fingerprint density at radius 2 is 1.37 bits per heavy atom. The minimum Gasteiger partial charge on any atom is -0.790 e. The van der Waals surface area contributed by atoms with Gasteiger partial charge in [-0.3, -0.25) is 57.7 Å². The number of aliphatic hydroxyl groups is 3. The van der Waals surface area contributed by atoms with E-state index in [4.69, 9.17) is 83.7 Å². The summed E-state index contributed by atoms with van der Waals surface area (Å²) in [5, 5.41) is 38.9. The first-order valence-electron chi connectivity index (χ1n) is 35.0. The van der Waals surface area contributed by atoms with E-state index in [1.807, 2.05) is 27.7 Å². The van der Waals surface area contributed by atoms with E-state index < -0.39 is 182 Å². The second kappa shape index (κ2) is 33.7.